The normalized spacial score (nSPS) is 9.71. The first-order valence-electron chi connectivity index (χ1n) is 4.02. The SMILES string of the molecule is COc1cc(OC)c(I)c(C(C)=O)c1. The average molecular weight is 306 g/mol. The molecule has 1 aromatic rings. The first-order chi connectivity index (χ1) is 6.60. The lowest BCUT2D eigenvalue weighted by Crippen LogP contribution is -2.00. The summed E-state index contributed by atoms with van der Waals surface area (Å²) < 4.78 is 11.0. The molecule has 1 rings (SSSR count). The van der Waals surface area contributed by atoms with Crippen molar-refractivity contribution in [3.8, 4) is 11.5 Å². The number of ketones is 1. The number of ether oxygens (including phenoxy) is 2. The third-order valence-corrected chi connectivity index (χ3v) is 2.96. The third kappa shape index (κ3) is 2.17. The highest BCUT2D eigenvalue weighted by Gasteiger charge is 2.12. The number of carbonyl (C=O) groups excluding carboxylic acids is 1. The van der Waals surface area contributed by atoms with Crippen LogP contribution in [0.15, 0.2) is 12.1 Å². The van der Waals surface area contributed by atoms with Gasteiger partial charge in [0.15, 0.2) is 5.78 Å². The van der Waals surface area contributed by atoms with Crippen LogP contribution in [0.25, 0.3) is 0 Å². The van der Waals surface area contributed by atoms with Gasteiger partial charge in [-0.15, -0.1) is 0 Å². The Balaban J connectivity index is 3.34. The molecule has 0 saturated heterocycles. The number of rotatable bonds is 3. The number of Topliss-reactive ketones (excluding diaryl/α,β-unsaturated/α-hetero) is 1. The highest BCUT2D eigenvalue weighted by molar-refractivity contribution is 14.1. The Bertz CT molecular complexity index is 361. The Hall–Kier alpha value is -0.780. The summed E-state index contributed by atoms with van der Waals surface area (Å²) in [6.07, 6.45) is 0. The van der Waals surface area contributed by atoms with Crippen LogP contribution in [-0.2, 0) is 0 Å². The van der Waals surface area contributed by atoms with E-state index in [0.29, 0.717) is 17.1 Å². The van der Waals surface area contributed by atoms with Crippen LogP contribution >= 0.6 is 22.6 Å². The van der Waals surface area contributed by atoms with Crippen LogP contribution in [0, 0.1) is 3.57 Å². The van der Waals surface area contributed by atoms with Crippen molar-refractivity contribution >= 4 is 28.4 Å². The van der Waals surface area contributed by atoms with E-state index in [1.807, 2.05) is 0 Å². The van der Waals surface area contributed by atoms with Crippen LogP contribution in [-0.4, -0.2) is 20.0 Å². The van der Waals surface area contributed by atoms with Crippen molar-refractivity contribution in [3.05, 3.63) is 21.3 Å². The van der Waals surface area contributed by atoms with Crippen molar-refractivity contribution in [3.63, 3.8) is 0 Å². The quantitative estimate of drug-likeness (QED) is 0.636. The fourth-order valence-electron chi connectivity index (χ4n) is 1.10. The largest absolute Gasteiger partial charge is 0.497 e. The maximum atomic E-state index is 11.3. The molecule has 0 saturated carbocycles. The van der Waals surface area contributed by atoms with Crippen molar-refractivity contribution in [2.24, 2.45) is 0 Å². The molecule has 0 heterocycles. The molecule has 76 valence electrons. The zero-order valence-electron chi connectivity index (χ0n) is 8.26. The van der Waals surface area contributed by atoms with Gasteiger partial charge in [-0.1, -0.05) is 0 Å². The second-order valence-corrected chi connectivity index (χ2v) is 3.83. The summed E-state index contributed by atoms with van der Waals surface area (Å²) in [5, 5.41) is 0. The smallest absolute Gasteiger partial charge is 0.161 e. The molecule has 0 aliphatic heterocycles. The van der Waals surface area contributed by atoms with Gasteiger partial charge in [0.1, 0.15) is 11.5 Å². The van der Waals surface area contributed by atoms with E-state index >= 15 is 0 Å². The average Bonchev–Trinajstić information content (AvgIpc) is 2.17. The molecule has 0 unspecified atom stereocenters. The van der Waals surface area contributed by atoms with Crippen LogP contribution in [0.2, 0.25) is 0 Å². The van der Waals surface area contributed by atoms with Crippen LogP contribution in [0.3, 0.4) is 0 Å². The minimum absolute atomic E-state index is 0.00611. The fourth-order valence-corrected chi connectivity index (χ4v) is 2.01. The minimum Gasteiger partial charge on any atom is -0.497 e. The Morgan fingerprint density at radius 1 is 1.29 bits per heavy atom. The Kier molecular flexibility index (Phi) is 3.74. The molecule has 0 aromatic heterocycles. The molecule has 3 nitrogen and oxygen atoms in total. The van der Waals surface area contributed by atoms with Gasteiger partial charge in [0, 0.05) is 11.6 Å². The summed E-state index contributed by atoms with van der Waals surface area (Å²) in [4.78, 5) is 11.3. The molecule has 0 fully saturated rings. The van der Waals surface area contributed by atoms with E-state index in [4.69, 9.17) is 9.47 Å². The predicted molar refractivity (Wildman–Crippen MR) is 62.3 cm³/mol. The van der Waals surface area contributed by atoms with Crippen molar-refractivity contribution in [1.82, 2.24) is 0 Å². The van der Waals surface area contributed by atoms with E-state index in [0.717, 1.165) is 3.57 Å². The third-order valence-electron chi connectivity index (χ3n) is 1.85. The molecule has 14 heavy (non-hydrogen) atoms. The number of benzene rings is 1. The summed E-state index contributed by atoms with van der Waals surface area (Å²) in [6, 6.07) is 3.47. The molecule has 0 N–H and O–H groups in total. The molecular weight excluding hydrogens is 295 g/mol. The Labute approximate surface area is 96.5 Å². The molecule has 0 aliphatic rings. The van der Waals surface area contributed by atoms with Gasteiger partial charge in [-0.3, -0.25) is 4.79 Å². The first-order valence-corrected chi connectivity index (χ1v) is 5.10. The van der Waals surface area contributed by atoms with E-state index in [2.05, 4.69) is 22.6 Å². The molecule has 4 heteroatoms. The second kappa shape index (κ2) is 4.63. The highest BCUT2D eigenvalue weighted by Crippen LogP contribution is 2.30. The summed E-state index contributed by atoms with van der Waals surface area (Å²) in [6.45, 7) is 1.52. The standard InChI is InChI=1S/C10H11IO3/c1-6(12)8-4-7(13-2)5-9(14-3)10(8)11/h4-5H,1-3H3. The van der Waals surface area contributed by atoms with Gasteiger partial charge < -0.3 is 9.47 Å². The molecule has 0 amide bonds. The number of hydrogen-bond donors (Lipinski definition) is 0. The van der Waals surface area contributed by atoms with E-state index in [9.17, 15) is 4.79 Å². The van der Waals surface area contributed by atoms with Gasteiger partial charge in [0.25, 0.3) is 0 Å². The topological polar surface area (TPSA) is 35.5 Å². The van der Waals surface area contributed by atoms with Gasteiger partial charge in [0.2, 0.25) is 0 Å². The van der Waals surface area contributed by atoms with Gasteiger partial charge in [-0.05, 0) is 35.6 Å². The molecule has 1 aromatic carbocycles. The summed E-state index contributed by atoms with van der Waals surface area (Å²) in [5.41, 5.74) is 0.627. The second-order valence-electron chi connectivity index (χ2n) is 2.75. The number of methoxy groups -OCH3 is 2. The van der Waals surface area contributed by atoms with Gasteiger partial charge in [-0.25, -0.2) is 0 Å². The zero-order valence-corrected chi connectivity index (χ0v) is 10.4. The van der Waals surface area contributed by atoms with E-state index in [-0.39, 0.29) is 5.78 Å². The minimum atomic E-state index is 0.00611. The monoisotopic (exact) mass is 306 g/mol. The molecule has 0 atom stereocenters. The Morgan fingerprint density at radius 2 is 1.93 bits per heavy atom. The number of carbonyl (C=O) groups is 1. The lowest BCUT2D eigenvalue weighted by atomic mass is 10.1. The van der Waals surface area contributed by atoms with E-state index in [1.54, 1.807) is 26.4 Å². The molecular formula is C10H11IO3. The molecule has 0 spiro atoms. The summed E-state index contributed by atoms with van der Waals surface area (Å²) in [5.74, 6) is 1.30. The molecule has 0 bridgehead atoms. The van der Waals surface area contributed by atoms with Crippen LogP contribution in [0.4, 0.5) is 0 Å². The van der Waals surface area contributed by atoms with Crippen LogP contribution < -0.4 is 9.47 Å². The summed E-state index contributed by atoms with van der Waals surface area (Å²) >= 11 is 2.09. The highest BCUT2D eigenvalue weighted by atomic mass is 127. The summed E-state index contributed by atoms with van der Waals surface area (Å²) in [7, 11) is 3.13. The Morgan fingerprint density at radius 3 is 2.36 bits per heavy atom. The van der Waals surface area contributed by atoms with Gasteiger partial charge in [0.05, 0.1) is 17.8 Å². The fraction of sp³-hybridized carbons (Fsp3) is 0.300. The lowest BCUT2D eigenvalue weighted by molar-refractivity contribution is 0.101. The number of hydrogen-bond acceptors (Lipinski definition) is 3. The van der Waals surface area contributed by atoms with E-state index < -0.39 is 0 Å². The van der Waals surface area contributed by atoms with Crippen molar-refractivity contribution in [2.75, 3.05) is 14.2 Å². The predicted octanol–water partition coefficient (Wildman–Crippen LogP) is 2.51. The van der Waals surface area contributed by atoms with Crippen molar-refractivity contribution in [1.29, 1.82) is 0 Å². The lowest BCUT2D eigenvalue weighted by Gasteiger charge is -2.09. The van der Waals surface area contributed by atoms with Gasteiger partial charge >= 0.3 is 0 Å². The maximum absolute atomic E-state index is 11.3. The number of halogens is 1. The first kappa shape index (κ1) is 11.3. The zero-order chi connectivity index (χ0) is 10.7. The van der Waals surface area contributed by atoms with Crippen LogP contribution in [0.5, 0.6) is 11.5 Å². The molecule has 0 aliphatic carbocycles. The van der Waals surface area contributed by atoms with Crippen LogP contribution in [0.1, 0.15) is 17.3 Å². The van der Waals surface area contributed by atoms with E-state index in [1.165, 1.54) is 6.92 Å². The van der Waals surface area contributed by atoms with Crippen molar-refractivity contribution < 1.29 is 14.3 Å². The molecule has 0 radical (unpaired) electrons. The van der Waals surface area contributed by atoms with Crippen molar-refractivity contribution in [2.45, 2.75) is 6.92 Å². The maximum Gasteiger partial charge on any atom is 0.161 e. The van der Waals surface area contributed by atoms with Gasteiger partial charge in [-0.2, -0.15) is 0 Å².